The molecule has 1 atom stereocenters. The van der Waals surface area contributed by atoms with Crippen molar-refractivity contribution >= 4 is 15.9 Å². The number of para-hydroxylation sites is 1. The second-order valence-corrected chi connectivity index (χ2v) is 9.30. The standard InChI is InChI=1S/C21H26N2O5S/c1-27-17-8-10-19(11-9-17)29(25,26)23-13-5-12-21(15-23,14-20(22)24)16-28-18-6-3-2-4-7-18/h2-4,6-11H,5,12-16H2,1H3,(H2,22,24)/t21-/m1/s1. The van der Waals surface area contributed by atoms with Gasteiger partial charge >= 0.3 is 0 Å². The van der Waals surface area contributed by atoms with E-state index in [1.54, 1.807) is 12.1 Å². The van der Waals surface area contributed by atoms with Crippen molar-refractivity contribution in [2.24, 2.45) is 11.1 Å². The highest BCUT2D eigenvalue weighted by Gasteiger charge is 2.42. The molecule has 1 fully saturated rings. The molecule has 29 heavy (non-hydrogen) atoms. The van der Waals surface area contributed by atoms with Crippen molar-refractivity contribution < 1.29 is 22.7 Å². The van der Waals surface area contributed by atoms with E-state index in [-0.39, 0.29) is 24.5 Å². The van der Waals surface area contributed by atoms with Crippen LogP contribution in [0.2, 0.25) is 0 Å². The van der Waals surface area contributed by atoms with Crippen LogP contribution in [0.15, 0.2) is 59.5 Å². The van der Waals surface area contributed by atoms with E-state index in [9.17, 15) is 13.2 Å². The van der Waals surface area contributed by atoms with Gasteiger partial charge in [-0.2, -0.15) is 4.31 Å². The maximum atomic E-state index is 13.2. The lowest BCUT2D eigenvalue weighted by molar-refractivity contribution is -0.121. The van der Waals surface area contributed by atoms with Gasteiger partial charge in [0, 0.05) is 24.9 Å². The molecule has 3 rings (SSSR count). The number of carbonyl (C=O) groups is 1. The maximum Gasteiger partial charge on any atom is 0.243 e. The number of nitrogens with two attached hydrogens (primary N) is 1. The fraction of sp³-hybridized carbons (Fsp3) is 0.381. The molecular weight excluding hydrogens is 392 g/mol. The first-order valence-corrected chi connectivity index (χ1v) is 10.9. The van der Waals surface area contributed by atoms with Crippen molar-refractivity contribution in [1.29, 1.82) is 0 Å². The number of amides is 1. The van der Waals surface area contributed by atoms with Crippen molar-refractivity contribution in [1.82, 2.24) is 4.31 Å². The Morgan fingerprint density at radius 2 is 1.79 bits per heavy atom. The molecule has 156 valence electrons. The highest BCUT2D eigenvalue weighted by molar-refractivity contribution is 7.89. The molecule has 0 spiro atoms. The molecule has 1 heterocycles. The van der Waals surface area contributed by atoms with Gasteiger partial charge in [0.05, 0.1) is 18.6 Å². The average Bonchev–Trinajstić information content (AvgIpc) is 2.73. The normalized spacial score (nSPS) is 20.2. The van der Waals surface area contributed by atoms with Crippen LogP contribution in [0.25, 0.3) is 0 Å². The van der Waals surface area contributed by atoms with Crippen LogP contribution in [0.4, 0.5) is 0 Å². The van der Waals surface area contributed by atoms with Gasteiger partial charge in [0.1, 0.15) is 11.5 Å². The largest absolute Gasteiger partial charge is 0.497 e. The first-order valence-electron chi connectivity index (χ1n) is 9.45. The third-order valence-electron chi connectivity index (χ3n) is 5.16. The quantitative estimate of drug-likeness (QED) is 0.710. The zero-order valence-corrected chi connectivity index (χ0v) is 17.2. The number of rotatable bonds is 8. The lowest BCUT2D eigenvalue weighted by Crippen LogP contribution is -2.50. The summed E-state index contributed by atoms with van der Waals surface area (Å²) in [5.74, 6) is 0.791. The van der Waals surface area contributed by atoms with Crippen LogP contribution in [-0.2, 0) is 14.8 Å². The molecule has 1 saturated heterocycles. The van der Waals surface area contributed by atoms with Gasteiger partial charge in [0.2, 0.25) is 15.9 Å². The van der Waals surface area contributed by atoms with Gasteiger partial charge in [-0.05, 0) is 49.2 Å². The number of piperidine rings is 1. The molecule has 8 heteroatoms. The highest BCUT2D eigenvalue weighted by atomic mass is 32.2. The van der Waals surface area contributed by atoms with Gasteiger partial charge in [-0.1, -0.05) is 18.2 Å². The smallest absolute Gasteiger partial charge is 0.243 e. The van der Waals surface area contributed by atoms with Crippen molar-refractivity contribution in [3.8, 4) is 11.5 Å². The van der Waals surface area contributed by atoms with Crippen LogP contribution in [-0.4, -0.2) is 45.4 Å². The van der Waals surface area contributed by atoms with E-state index in [1.165, 1.54) is 23.5 Å². The molecule has 2 aromatic rings. The summed E-state index contributed by atoms with van der Waals surface area (Å²) in [6, 6.07) is 15.5. The Balaban J connectivity index is 1.82. The molecule has 1 amide bonds. The fourth-order valence-corrected chi connectivity index (χ4v) is 5.29. The number of carbonyl (C=O) groups excluding carboxylic acids is 1. The van der Waals surface area contributed by atoms with Crippen molar-refractivity contribution in [2.45, 2.75) is 24.2 Å². The summed E-state index contributed by atoms with van der Waals surface area (Å²) >= 11 is 0. The summed E-state index contributed by atoms with van der Waals surface area (Å²) in [5.41, 5.74) is 4.83. The molecule has 0 saturated carbocycles. The number of primary amides is 1. The minimum atomic E-state index is -3.71. The van der Waals surface area contributed by atoms with Gasteiger partial charge in [-0.3, -0.25) is 4.79 Å². The number of ether oxygens (including phenoxy) is 2. The summed E-state index contributed by atoms with van der Waals surface area (Å²) in [5, 5.41) is 0. The average molecular weight is 419 g/mol. The molecule has 2 aromatic carbocycles. The number of sulfonamides is 1. The topological polar surface area (TPSA) is 98.9 Å². The molecule has 0 bridgehead atoms. The fourth-order valence-electron chi connectivity index (χ4n) is 3.70. The lowest BCUT2D eigenvalue weighted by Gasteiger charge is -2.41. The van der Waals surface area contributed by atoms with Crippen LogP contribution in [0.1, 0.15) is 19.3 Å². The molecule has 1 aliphatic rings. The van der Waals surface area contributed by atoms with E-state index in [4.69, 9.17) is 15.2 Å². The van der Waals surface area contributed by atoms with Gasteiger partial charge in [-0.15, -0.1) is 0 Å². The summed E-state index contributed by atoms with van der Waals surface area (Å²) in [4.78, 5) is 12.0. The van der Waals surface area contributed by atoms with Gasteiger partial charge in [0.15, 0.2) is 0 Å². The van der Waals surface area contributed by atoms with E-state index in [0.717, 1.165) is 0 Å². The predicted octanol–water partition coefficient (Wildman–Crippen LogP) is 2.42. The Labute approximate surface area is 171 Å². The zero-order chi connectivity index (χ0) is 20.9. The molecule has 0 unspecified atom stereocenters. The number of benzene rings is 2. The minimum absolute atomic E-state index is 0.0640. The first kappa shape index (κ1) is 21.1. The van der Waals surface area contributed by atoms with Crippen molar-refractivity contribution in [3.05, 3.63) is 54.6 Å². The Bertz CT molecular complexity index is 931. The second kappa shape index (κ2) is 8.84. The summed E-state index contributed by atoms with van der Waals surface area (Å²) in [7, 11) is -2.18. The number of nitrogens with zero attached hydrogens (tertiary/aromatic N) is 1. The monoisotopic (exact) mass is 418 g/mol. The zero-order valence-electron chi connectivity index (χ0n) is 16.4. The van der Waals surface area contributed by atoms with E-state index >= 15 is 0 Å². The van der Waals surface area contributed by atoms with Crippen LogP contribution in [0.3, 0.4) is 0 Å². The van der Waals surface area contributed by atoms with E-state index in [2.05, 4.69) is 0 Å². The third-order valence-corrected chi connectivity index (χ3v) is 7.02. The van der Waals surface area contributed by atoms with Crippen molar-refractivity contribution in [3.63, 3.8) is 0 Å². The van der Waals surface area contributed by atoms with Crippen LogP contribution >= 0.6 is 0 Å². The van der Waals surface area contributed by atoms with Crippen LogP contribution < -0.4 is 15.2 Å². The molecular formula is C21H26N2O5S. The Morgan fingerprint density at radius 3 is 2.41 bits per heavy atom. The number of hydrogen-bond acceptors (Lipinski definition) is 5. The van der Waals surface area contributed by atoms with Crippen molar-refractivity contribution in [2.75, 3.05) is 26.8 Å². The lowest BCUT2D eigenvalue weighted by atomic mass is 9.78. The SMILES string of the molecule is COc1ccc(S(=O)(=O)N2CCC[C@@](COc3ccccc3)(CC(N)=O)C2)cc1. The first-order chi connectivity index (χ1) is 13.8. The van der Waals surface area contributed by atoms with E-state index in [1.807, 2.05) is 30.3 Å². The summed E-state index contributed by atoms with van der Waals surface area (Å²) in [6.07, 6.45) is 1.35. The molecule has 7 nitrogen and oxygen atoms in total. The van der Waals surface area contributed by atoms with E-state index < -0.39 is 21.3 Å². The molecule has 1 aliphatic heterocycles. The third kappa shape index (κ3) is 5.07. The molecule has 0 radical (unpaired) electrons. The Hall–Kier alpha value is -2.58. The predicted molar refractivity (Wildman–Crippen MR) is 109 cm³/mol. The maximum absolute atomic E-state index is 13.2. The summed E-state index contributed by atoms with van der Waals surface area (Å²) in [6.45, 7) is 0.784. The van der Waals surface area contributed by atoms with Crippen LogP contribution in [0.5, 0.6) is 11.5 Å². The molecule has 0 aromatic heterocycles. The number of hydrogen-bond donors (Lipinski definition) is 1. The second-order valence-electron chi connectivity index (χ2n) is 7.36. The molecule has 0 aliphatic carbocycles. The van der Waals surface area contributed by atoms with Gasteiger partial charge in [0.25, 0.3) is 0 Å². The highest BCUT2D eigenvalue weighted by Crippen LogP contribution is 2.36. The van der Waals surface area contributed by atoms with Gasteiger partial charge < -0.3 is 15.2 Å². The van der Waals surface area contributed by atoms with Gasteiger partial charge in [-0.25, -0.2) is 8.42 Å². The van der Waals surface area contributed by atoms with Crippen LogP contribution in [0, 0.1) is 5.41 Å². The Kier molecular flexibility index (Phi) is 6.44. The number of methoxy groups -OCH3 is 1. The van der Waals surface area contributed by atoms with E-state index in [0.29, 0.717) is 30.9 Å². The Morgan fingerprint density at radius 1 is 1.10 bits per heavy atom. The molecule has 2 N–H and O–H groups in total. The summed E-state index contributed by atoms with van der Waals surface area (Å²) < 4.78 is 38.8. The minimum Gasteiger partial charge on any atom is -0.497 e.